The maximum absolute atomic E-state index is 5.88. The molecule has 110 valence electrons. The second-order valence-electron chi connectivity index (χ2n) is 5.58. The fourth-order valence-corrected chi connectivity index (χ4v) is 2.54. The summed E-state index contributed by atoms with van der Waals surface area (Å²) >= 11 is 5.39. The number of nitrogens with one attached hydrogen (secondary N) is 1. The van der Waals surface area contributed by atoms with Gasteiger partial charge >= 0.3 is 0 Å². The Labute approximate surface area is 130 Å². The number of aromatic amines is 1. The summed E-state index contributed by atoms with van der Waals surface area (Å²) in [6.45, 7) is 4.16. The van der Waals surface area contributed by atoms with Crippen LogP contribution in [0.1, 0.15) is 37.6 Å². The van der Waals surface area contributed by atoms with Gasteiger partial charge in [-0.25, -0.2) is 4.98 Å². The van der Waals surface area contributed by atoms with E-state index >= 15 is 0 Å². The summed E-state index contributed by atoms with van der Waals surface area (Å²) in [7, 11) is 0. The van der Waals surface area contributed by atoms with Crippen LogP contribution in [0.25, 0.3) is 11.3 Å². The van der Waals surface area contributed by atoms with Crippen molar-refractivity contribution in [2.24, 2.45) is 0 Å². The largest absolute Gasteiger partial charge is 0.490 e. The van der Waals surface area contributed by atoms with Crippen molar-refractivity contribution in [3.63, 3.8) is 0 Å². The summed E-state index contributed by atoms with van der Waals surface area (Å²) in [5.74, 6) is 1.89. The van der Waals surface area contributed by atoms with Gasteiger partial charge in [0.15, 0.2) is 0 Å². The van der Waals surface area contributed by atoms with Crippen LogP contribution < -0.4 is 4.74 Å². The highest BCUT2D eigenvalue weighted by molar-refractivity contribution is 7.71. The van der Waals surface area contributed by atoms with Crippen molar-refractivity contribution in [1.29, 1.82) is 0 Å². The zero-order valence-electron chi connectivity index (χ0n) is 12.5. The maximum atomic E-state index is 5.88. The van der Waals surface area contributed by atoms with E-state index in [1.54, 1.807) is 0 Å². The van der Waals surface area contributed by atoms with Crippen molar-refractivity contribution in [2.75, 3.05) is 0 Å². The minimum absolute atomic E-state index is 0.410. The number of ether oxygens (including phenoxy) is 1. The molecular weight excluding hydrogens is 280 g/mol. The molecule has 0 unspecified atom stereocenters. The van der Waals surface area contributed by atoms with Crippen LogP contribution in [0, 0.1) is 11.6 Å². The van der Waals surface area contributed by atoms with Gasteiger partial charge in [0.05, 0.1) is 11.8 Å². The van der Waals surface area contributed by atoms with E-state index in [1.165, 1.54) is 12.8 Å². The quantitative estimate of drug-likeness (QED) is 0.819. The molecule has 0 radical (unpaired) electrons. The molecule has 1 aromatic carbocycles. The maximum Gasteiger partial charge on any atom is 0.133 e. The Hall–Kier alpha value is -1.68. The topological polar surface area (TPSA) is 37.9 Å². The van der Waals surface area contributed by atoms with Gasteiger partial charge < -0.3 is 9.72 Å². The molecule has 0 amide bonds. The fourth-order valence-electron chi connectivity index (χ4n) is 2.33. The first-order valence-electron chi connectivity index (χ1n) is 7.54. The molecule has 1 heterocycles. The van der Waals surface area contributed by atoms with Gasteiger partial charge in [-0.1, -0.05) is 31.3 Å². The lowest BCUT2D eigenvalue weighted by Gasteiger charge is -2.11. The van der Waals surface area contributed by atoms with Crippen LogP contribution in [-0.2, 0) is 6.42 Å². The molecule has 4 heteroatoms. The first-order chi connectivity index (χ1) is 10.2. The number of rotatable bonds is 5. The third-order valence-electron chi connectivity index (χ3n) is 3.64. The van der Waals surface area contributed by atoms with Gasteiger partial charge in [0.25, 0.3) is 0 Å². The van der Waals surface area contributed by atoms with Gasteiger partial charge in [-0.15, -0.1) is 0 Å². The van der Waals surface area contributed by atoms with Gasteiger partial charge in [0, 0.05) is 17.5 Å². The Morgan fingerprint density at radius 3 is 2.90 bits per heavy atom. The van der Waals surface area contributed by atoms with Crippen molar-refractivity contribution in [2.45, 2.75) is 45.6 Å². The van der Waals surface area contributed by atoms with E-state index in [9.17, 15) is 0 Å². The predicted molar refractivity (Wildman–Crippen MR) is 87.2 cm³/mol. The Morgan fingerprint density at radius 2 is 2.19 bits per heavy atom. The molecule has 0 atom stereocenters. The molecule has 1 aliphatic rings. The van der Waals surface area contributed by atoms with Crippen LogP contribution in [0.2, 0.25) is 0 Å². The van der Waals surface area contributed by atoms with Gasteiger partial charge in [0.1, 0.15) is 16.2 Å². The number of nitrogens with zero attached hydrogens (tertiary/aromatic N) is 1. The second kappa shape index (κ2) is 5.98. The van der Waals surface area contributed by atoms with Crippen molar-refractivity contribution in [3.05, 3.63) is 40.3 Å². The van der Waals surface area contributed by atoms with E-state index < -0.39 is 0 Å². The van der Waals surface area contributed by atoms with Crippen LogP contribution in [0.4, 0.5) is 0 Å². The smallest absolute Gasteiger partial charge is 0.133 e. The fraction of sp³-hybridized carbons (Fsp3) is 0.412. The molecule has 2 aromatic rings. The first-order valence-corrected chi connectivity index (χ1v) is 7.95. The monoisotopic (exact) mass is 300 g/mol. The molecular formula is C17H20N2OS. The van der Waals surface area contributed by atoms with Gasteiger partial charge in [0.2, 0.25) is 0 Å². The van der Waals surface area contributed by atoms with Crippen LogP contribution in [0.5, 0.6) is 5.75 Å². The molecule has 1 saturated carbocycles. The third kappa shape index (κ3) is 3.32. The molecule has 1 aromatic heterocycles. The van der Waals surface area contributed by atoms with Gasteiger partial charge in [-0.3, -0.25) is 0 Å². The average molecular weight is 300 g/mol. The Morgan fingerprint density at radius 1 is 1.38 bits per heavy atom. The van der Waals surface area contributed by atoms with Crippen molar-refractivity contribution < 1.29 is 4.74 Å². The molecule has 0 spiro atoms. The Balaban J connectivity index is 2.00. The standard InChI is InChI=1S/C17H20N2OS/c1-3-5-15-18-16(11(2)17(21)19-15)12-6-4-7-14(10-12)20-13-8-9-13/h4,6-7,10,13H,3,5,8-9H2,1-2H3,(H,18,19,21). The molecule has 1 aliphatic carbocycles. The number of H-pyrrole nitrogens is 1. The number of hydrogen-bond donors (Lipinski definition) is 1. The zero-order chi connectivity index (χ0) is 14.8. The lowest BCUT2D eigenvalue weighted by atomic mass is 10.1. The summed E-state index contributed by atoms with van der Waals surface area (Å²) in [5, 5.41) is 0. The molecule has 3 rings (SSSR count). The Kier molecular flexibility index (Phi) is 4.06. The lowest BCUT2D eigenvalue weighted by molar-refractivity contribution is 0.303. The van der Waals surface area contributed by atoms with E-state index in [0.29, 0.717) is 10.7 Å². The van der Waals surface area contributed by atoms with Crippen molar-refractivity contribution in [3.8, 4) is 17.0 Å². The zero-order valence-corrected chi connectivity index (χ0v) is 13.3. The van der Waals surface area contributed by atoms with Crippen LogP contribution in [0.15, 0.2) is 24.3 Å². The average Bonchev–Trinajstić information content (AvgIpc) is 3.27. The molecule has 0 aliphatic heterocycles. The molecule has 3 nitrogen and oxygen atoms in total. The summed E-state index contributed by atoms with van der Waals surface area (Å²) < 4.78 is 6.56. The van der Waals surface area contributed by atoms with Crippen molar-refractivity contribution >= 4 is 12.2 Å². The highest BCUT2D eigenvalue weighted by Gasteiger charge is 2.23. The first kappa shape index (κ1) is 14.3. The van der Waals surface area contributed by atoms with Gasteiger partial charge in [-0.05, 0) is 38.3 Å². The lowest BCUT2D eigenvalue weighted by Crippen LogP contribution is -2.01. The van der Waals surface area contributed by atoms with Gasteiger partial charge in [-0.2, -0.15) is 0 Å². The summed E-state index contributed by atoms with van der Waals surface area (Å²) in [6.07, 6.45) is 4.71. The minimum atomic E-state index is 0.410. The van der Waals surface area contributed by atoms with Crippen LogP contribution in [-0.4, -0.2) is 16.1 Å². The highest BCUT2D eigenvalue weighted by atomic mass is 32.1. The number of aryl methyl sites for hydroxylation is 1. The van der Waals surface area contributed by atoms with E-state index in [2.05, 4.69) is 29.0 Å². The van der Waals surface area contributed by atoms with E-state index in [4.69, 9.17) is 17.0 Å². The summed E-state index contributed by atoms with van der Waals surface area (Å²) in [5.41, 5.74) is 3.18. The van der Waals surface area contributed by atoms with Crippen molar-refractivity contribution in [1.82, 2.24) is 9.97 Å². The molecule has 0 bridgehead atoms. The number of benzene rings is 1. The van der Waals surface area contributed by atoms with Crippen LogP contribution >= 0.6 is 12.2 Å². The minimum Gasteiger partial charge on any atom is -0.490 e. The molecule has 0 saturated heterocycles. The molecule has 1 fully saturated rings. The van der Waals surface area contributed by atoms with Crippen LogP contribution in [0.3, 0.4) is 0 Å². The van der Waals surface area contributed by atoms with E-state index in [1.807, 2.05) is 19.1 Å². The summed E-state index contributed by atoms with van der Waals surface area (Å²) in [4.78, 5) is 7.89. The predicted octanol–water partition coefficient (Wildman–Crippen LogP) is 4.61. The third-order valence-corrected chi connectivity index (χ3v) is 4.04. The number of aromatic nitrogens is 2. The molecule has 21 heavy (non-hydrogen) atoms. The summed E-state index contributed by atoms with van der Waals surface area (Å²) in [6, 6.07) is 8.22. The number of hydrogen-bond acceptors (Lipinski definition) is 3. The normalized spacial score (nSPS) is 14.2. The Bertz CT molecular complexity index is 704. The SMILES string of the molecule is CCCc1nc(=S)c(C)c(-c2cccc(OC3CC3)c2)[nH]1. The van der Waals surface area contributed by atoms with E-state index in [-0.39, 0.29) is 0 Å². The second-order valence-corrected chi connectivity index (χ2v) is 5.97. The van der Waals surface area contributed by atoms with E-state index in [0.717, 1.165) is 41.2 Å². The molecule has 1 N–H and O–H groups in total. The highest BCUT2D eigenvalue weighted by Crippen LogP contribution is 2.30.